The van der Waals surface area contributed by atoms with Crippen LogP contribution in [0.1, 0.15) is 18.4 Å². The number of rotatable bonds is 2. The molecule has 26 heavy (non-hydrogen) atoms. The third-order valence-electron chi connectivity index (χ3n) is 5.64. The average Bonchev–Trinajstić information content (AvgIpc) is 2.64. The zero-order chi connectivity index (χ0) is 18.4. The lowest BCUT2D eigenvalue weighted by molar-refractivity contribution is 0.115. The minimum Gasteiger partial charge on any atom is -0.508 e. The molecule has 0 radical (unpaired) electrons. The molecule has 3 atom stereocenters. The SMILES string of the molecule is CN1CCC(Cl)N2CCN(CCCN(Cc3ccc(O)cc3)CC2)CC1. The predicted molar refractivity (Wildman–Crippen MR) is 108 cm³/mol. The highest BCUT2D eigenvalue weighted by molar-refractivity contribution is 6.20. The largest absolute Gasteiger partial charge is 0.508 e. The molecule has 2 fully saturated rings. The lowest BCUT2D eigenvalue weighted by Gasteiger charge is -2.37. The lowest BCUT2D eigenvalue weighted by atomic mass is 10.2. The molecule has 2 aliphatic heterocycles. The van der Waals surface area contributed by atoms with Gasteiger partial charge in [-0.05, 0) is 50.7 Å². The Morgan fingerprint density at radius 3 is 2.46 bits per heavy atom. The van der Waals surface area contributed by atoms with Crippen LogP contribution in [0.3, 0.4) is 0 Å². The number of phenols is 1. The molecule has 3 rings (SSSR count). The van der Waals surface area contributed by atoms with Crippen molar-refractivity contribution in [2.75, 3.05) is 66.0 Å². The van der Waals surface area contributed by atoms with E-state index >= 15 is 0 Å². The Labute approximate surface area is 163 Å². The first-order valence-electron chi connectivity index (χ1n) is 9.89. The monoisotopic (exact) mass is 380 g/mol. The molecule has 2 bridgehead atoms. The van der Waals surface area contributed by atoms with Crippen LogP contribution < -0.4 is 0 Å². The Balaban J connectivity index is 1.65. The van der Waals surface area contributed by atoms with Gasteiger partial charge >= 0.3 is 0 Å². The van der Waals surface area contributed by atoms with E-state index in [1.165, 1.54) is 12.0 Å². The molecule has 6 heteroatoms. The summed E-state index contributed by atoms with van der Waals surface area (Å²) in [4.78, 5) is 10.0. The molecule has 146 valence electrons. The Morgan fingerprint density at radius 1 is 0.923 bits per heavy atom. The zero-order valence-electron chi connectivity index (χ0n) is 16.0. The van der Waals surface area contributed by atoms with Crippen molar-refractivity contribution in [1.82, 2.24) is 19.6 Å². The van der Waals surface area contributed by atoms with Crippen molar-refractivity contribution in [3.05, 3.63) is 29.8 Å². The number of phenolic OH excluding ortho intramolecular Hbond substituents is 1. The molecule has 1 aromatic rings. The van der Waals surface area contributed by atoms with Gasteiger partial charge in [-0.1, -0.05) is 12.1 Å². The highest BCUT2D eigenvalue weighted by Crippen LogP contribution is 2.16. The fraction of sp³-hybridized carbons (Fsp3) is 0.700. The predicted octanol–water partition coefficient (Wildman–Crippen LogP) is 2.10. The van der Waals surface area contributed by atoms with Crippen molar-refractivity contribution in [1.29, 1.82) is 0 Å². The van der Waals surface area contributed by atoms with Crippen molar-refractivity contribution in [2.45, 2.75) is 24.9 Å². The molecule has 1 aromatic carbocycles. The number of halogens is 1. The fourth-order valence-corrected chi connectivity index (χ4v) is 4.14. The maximum atomic E-state index is 9.50. The standard InChI is InChI=1S/C20H33ClN4O/c1-22-10-7-20(21)25-15-13-23(12-11-22)8-2-9-24(14-16-25)17-18-3-5-19(26)6-4-18/h3-6,20,26H,2,7-17H2,1H3. The topological polar surface area (TPSA) is 33.2 Å². The molecule has 2 saturated heterocycles. The summed E-state index contributed by atoms with van der Waals surface area (Å²) in [6.45, 7) is 10.8. The van der Waals surface area contributed by atoms with E-state index in [-0.39, 0.29) is 5.50 Å². The highest BCUT2D eigenvalue weighted by Gasteiger charge is 2.22. The van der Waals surface area contributed by atoms with Crippen LogP contribution in [0.15, 0.2) is 24.3 Å². The quantitative estimate of drug-likeness (QED) is 0.627. The Hall–Kier alpha value is -0.850. The van der Waals surface area contributed by atoms with Crippen molar-refractivity contribution < 1.29 is 5.11 Å². The van der Waals surface area contributed by atoms with Gasteiger partial charge in [-0.2, -0.15) is 0 Å². The fourth-order valence-electron chi connectivity index (χ4n) is 3.85. The van der Waals surface area contributed by atoms with E-state index in [0.29, 0.717) is 5.75 Å². The summed E-state index contributed by atoms with van der Waals surface area (Å²) in [5.74, 6) is 0.334. The molecule has 3 unspecified atom stereocenters. The van der Waals surface area contributed by atoms with Crippen molar-refractivity contribution in [3.8, 4) is 5.75 Å². The number of aromatic hydroxyl groups is 1. The minimum absolute atomic E-state index is 0.118. The molecule has 0 amide bonds. The lowest BCUT2D eigenvalue weighted by Crippen LogP contribution is -2.48. The second-order valence-corrected chi connectivity index (χ2v) is 8.20. The van der Waals surface area contributed by atoms with Crippen molar-refractivity contribution in [3.63, 3.8) is 0 Å². The smallest absolute Gasteiger partial charge is 0.115 e. The Kier molecular flexibility index (Phi) is 7.58. The number of fused-ring (bicyclic) bond motifs is 3. The van der Waals surface area contributed by atoms with Crippen LogP contribution in [0.5, 0.6) is 5.75 Å². The molecule has 0 spiro atoms. The summed E-state index contributed by atoms with van der Waals surface area (Å²) in [6, 6.07) is 7.61. The Bertz CT molecular complexity index is 539. The maximum absolute atomic E-state index is 9.50. The van der Waals surface area contributed by atoms with E-state index in [1.54, 1.807) is 12.1 Å². The molecule has 2 heterocycles. The number of hydrogen-bond donors (Lipinski definition) is 1. The zero-order valence-corrected chi connectivity index (χ0v) is 16.7. The van der Waals surface area contributed by atoms with Gasteiger partial charge in [-0.3, -0.25) is 9.80 Å². The molecule has 2 aliphatic rings. The third-order valence-corrected chi connectivity index (χ3v) is 6.14. The second kappa shape index (κ2) is 9.90. The third kappa shape index (κ3) is 6.10. The maximum Gasteiger partial charge on any atom is 0.115 e. The van der Waals surface area contributed by atoms with Crippen LogP contribution >= 0.6 is 11.6 Å². The van der Waals surface area contributed by atoms with Crippen molar-refractivity contribution in [2.24, 2.45) is 0 Å². The average molecular weight is 381 g/mol. The first-order chi connectivity index (χ1) is 12.6. The molecule has 0 saturated carbocycles. The van der Waals surface area contributed by atoms with Gasteiger partial charge in [-0.15, -0.1) is 11.6 Å². The molecular weight excluding hydrogens is 348 g/mol. The van der Waals surface area contributed by atoms with E-state index in [1.807, 2.05) is 12.1 Å². The summed E-state index contributed by atoms with van der Waals surface area (Å²) >= 11 is 6.76. The van der Waals surface area contributed by atoms with Gasteiger partial charge in [0.1, 0.15) is 5.75 Å². The molecular formula is C20H33ClN4O. The number of benzene rings is 1. The number of hydrogen-bond acceptors (Lipinski definition) is 5. The second-order valence-electron chi connectivity index (χ2n) is 7.70. The summed E-state index contributed by atoms with van der Waals surface area (Å²) in [7, 11) is 2.21. The van der Waals surface area contributed by atoms with E-state index in [0.717, 1.165) is 71.9 Å². The highest BCUT2D eigenvalue weighted by atomic mass is 35.5. The summed E-state index contributed by atoms with van der Waals surface area (Å²) in [6.07, 6.45) is 2.22. The van der Waals surface area contributed by atoms with Gasteiger partial charge in [0.15, 0.2) is 0 Å². The van der Waals surface area contributed by atoms with E-state index in [4.69, 9.17) is 11.6 Å². The summed E-state index contributed by atoms with van der Waals surface area (Å²) in [5.41, 5.74) is 1.38. The number of likely N-dealkylation sites (N-methyl/N-ethyl adjacent to an activating group) is 1. The van der Waals surface area contributed by atoms with Gasteiger partial charge in [-0.25, -0.2) is 0 Å². The van der Waals surface area contributed by atoms with Crippen LogP contribution in [0, 0.1) is 0 Å². The van der Waals surface area contributed by atoms with Crippen LogP contribution in [-0.2, 0) is 6.54 Å². The molecule has 0 aliphatic carbocycles. The molecule has 5 nitrogen and oxygen atoms in total. The van der Waals surface area contributed by atoms with Gasteiger partial charge in [0, 0.05) is 52.4 Å². The first kappa shape index (κ1) is 19.9. The van der Waals surface area contributed by atoms with Crippen LogP contribution in [0.2, 0.25) is 0 Å². The number of nitrogens with zero attached hydrogens (tertiary/aromatic N) is 4. The van der Waals surface area contributed by atoms with Crippen LogP contribution in [0.25, 0.3) is 0 Å². The van der Waals surface area contributed by atoms with Gasteiger partial charge in [0.05, 0.1) is 5.50 Å². The summed E-state index contributed by atoms with van der Waals surface area (Å²) in [5, 5.41) is 9.50. The van der Waals surface area contributed by atoms with Gasteiger partial charge in [0.25, 0.3) is 0 Å². The van der Waals surface area contributed by atoms with Crippen LogP contribution in [-0.4, -0.2) is 96.2 Å². The normalized spacial score (nSPS) is 30.2. The van der Waals surface area contributed by atoms with E-state index in [2.05, 4.69) is 26.6 Å². The van der Waals surface area contributed by atoms with E-state index < -0.39 is 0 Å². The van der Waals surface area contributed by atoms with Gasteiger partial charge < -0.3 is 14.9 Å². The number of alkyl halides is 1. The van der Waals surface area contributed by atoms with Gasteiger partial charge in [0.2, 0.25) is 0 Å². The minimum atomic E-state index is 0.118. The van der Waals surface area contributed by atoms with E-state index in [9.17, 15) is 5.11 Å². The first-order valence-corrected chi connectivity index (χ1v) is 10.3. The molecule has 1 N–H and O–H groups in total. The van der Waals surface area contributed by atoms with Crippen molar-refractivity contribution >= 4 is 11.6 Å². The van der Waals surface area contributed by atoms with Crippen LogP contribution in [0.4, 0.5) is 0 Å². The summed E-state index contributed by atoms with van der Waals surface area (Å²) < 4.78 is 0. The Morgan fingerprint density at radius 2 is 1.65 bits per heavy atom. The molecule has 0 aromatic heterocycles.